The zero-order chi connectivity index (χ0) is 9.26. The minimum atomic E-state index is 0.263. The number of carbonyl (C=O) groups is 1. The SMILES string of the molecule is CN(C1CCC1)C1CCCCC1=O. The van der Waals surface area contributed by atoms with Gasteiger partial charge in [-0.3, -0.25) is 9.69 Å². The monoisotopic (exact) mass is 181 g/mol. The molecule has 0 heterocycles. The Hall–Kier alpha value is -0.370. The lowest BCUT2D eigenvalue weighted by Gasteiger charge is -2.40. The summed E-state index contributed by atoms with van der Waals surface area (Å²) in [5.41, 5.74) is 0. The molecular formula is C11H19NO. The van der Waals surface area contributed by atoms with Crippen LogP contribution >= 0.6 is 0 Å². The van der Waals surface area contributed by atoms with Crippen LogP contribution in [0.3, 0.4) is 0 Å². The highest BCUT2D eigenvalue weighted by atomic mass is 16.1. The topological polar surface area (TPSA) is 20.3 Å². The molecular weight excluding hydrogens is 162 g/mol. The van der Waals surface area contributed by atoms with Crippen LogP contribution in [0.25, 0.3) is 0 Å². The maximum atomic E-state index is 11.6. The molecule has 2 heteroatoms. The maximum Gasteiger partial charge on any atom is 0.149 e. The first-order chi connectivity index (χ1) is 6.29. The molecule has 1 unspecified atom stereocenters. The van der Waals surface area contributed by atoms with Gasteiger partial charge in [-0.15, -0.1) is 0 Å². The number of likely N-dealkylation sites (N-methyl/N-ethyl adjacent to an activating group) is 1. The fourth-order valence-electron chi connectivity index (χ4n) is 2.44. The zero-order valence-electron chi connectivity index (χ0n) is 8.46. The number of carbonyl (C=O) groups excluding carboxylic acids is 1. The van der Waals surface area contributed by atoms with Crippen molar-refractivity contribution in [1.29, 1.82) is 0 Å². The Kier molecular flexibility index (Phi) is 2.68. The highest BCUT2D eigenvalue weighted by Crippen LogP contribution is 2.28. The van der Waals surface area contributed by atoms with E-state index in [-0.39, 0.29) is 6.04 Å². The van der Waals surface area contributed by atoms with E-state index >= 15 is 0 Å². The van der Waals surface area contributed by atoms with Crippen molar-refractivity contribution in [2.75, 3.05) is 7.05 Å². The summed E-state index contributed by atoms with van der Waals surface area (Å²) < 4.78 is 0. The van der Waals surface area contributed by atoms with Crippen molar-refractivity contribution in [1.82, 2.24) is 4.90 Å². The van der Waals surface area contributed by atoms with Gasteiger partial charge in [-0.1, -0.05) is 12.8 Å². The second-order valence-corrected chi connectivity index (χ2v) is 4.48. The highest BCUT2D eigenvalue weighted by Gasteiger charge is 2.32. The summed E-state index contributed by atoms with van der Waals surface area (Å²) in [4.78, 5) is 14.0. The van der Waals surface area contributed by atoms with Crippen LogP contribution in [0, 0.1) is 0 Å². The number of Topliss-reactive ketones (excluding diaryl/α,β-unsaturated/α-hetero) is 1. The van der Waals surface area contributed by atoms with E-state index in [0.29, 0.717) is 11.8 Å². The summed E-state index contributed by atoms with van der Waals surface area (Å²) >= 11 is 0. The molecule has 0 saturated heterocycles. The number of nitrogens with zero attached hydrogens (tertiary/aromatic N) is 1. The fourth-order valence-corrected chi connectivity index (χ4v) is 2.44. The molecule has 0 spiro atoms. The molecule has 2 nitrogen and oxygen atoms in total. The zero-order valence-corrected chi connectivity index (χ0v) is 8.46. The van der Waals surface area contributed by atoms with Crippen LogP contribution in [0.2, 0.25) is 0 Å². The molecule has 1 atom stereocenters. The minimum absolute atomic E-state index is 0.263. The van der Waals surface area contributed by atoms with Crippen LogP contribution in [-0.2, 0) is 4.79 Å². The van der Waals surface area contributed by atoms with Crippen molar-refractivity contribution >= 4 is 5.78 Å². The van der Waals surface area contributed by atoms with E-state index in [1.165, 1.54) is 25.7 Å². The second kappa shape index (κ2) is 3.79. The minimum Gasteiger partial charge on any atom is -0.298 e. The van der Waals surface area contributed by atoms with Gasteiger partial charge in [0.1, 0.15) is 5.78 Å². The van der Waals surface area contributed by atoms with Crippen molar-refractivity contribution < 1.29 is 4.79 Å². The molecule has 0 N–H and O–H groups in total. The van der Waals surface area contributed by atoms with E-state index in [9.17, 15) is 4.79 Å². The molecule has 0 bridgehead atoms. The molecule has 0 aliphatic heterocycles. The predicted molar refractivity (Wildman–Crippen MR) is 52.7 cm³/mol. The van der Waals surface area contributed by atoms with E-state index in [0.717, 1.165) is 19.3 Å². The van der Waals surface area contributed by atoms with Crippen molar-refractivity contribution in [2.45, 2.75) is 57.0 Å². The number of hydrogen-bond acceptors (Lipinski definition) is 2. The first-order valence-corrected chi connectivity index (χ1v) is 5.53. The van der Waals surface area contributed by atoms with Crippen molar-refractivity contribution in [3.63, 3.8) is 0 Å². The van der Waals surface area contributed by atoms with Crippen LogP contribution in [0.4, 0.5) is 0 Å². The maximum absolute atomic E-state index is 11.6. The van der Waals surface area contributed by atoms with Crippen molar-refractivity contribution in [3.05, 3.63) is 0 Å². The van der Waals surface area contributed by atoms with Crippen LogP contribution < -0.4 is 0 Å². The number of hydrogen-bond donors (Lipinski definition) is 0. The Bertz CT molecular complexity index is 198. The average Bonchev–Trinajstić information content (AvgIpc) is 2.01. The smallest absolute Gasteiger partial charge is 0.149 e. The molecule has 0 aromatic heterocycles. The third-order valence-corrected chi connectivity index (χ3v) is 3.66. The van der Waals surface area contributed by atoms with Gasteiger partial charge in [-0.2, -0.15) is 0 Å². The fraction of sp³-hybridized carbons (Fsp3) is 0.909. The van der Waals surface area contributed by atoms with Gasteiger partial charge in [0.05, 0.1) is 6.04 Å². The third kappa shape index (κ3) is 1.78. The van der Waals surface area contributed by atoms with Gasteiger partial charge in [-0.05, 0) is 32.7 Å². The molecule has 0 amide bonds. The summed E-state index contributed by atoms with van der Waals surface area (Å²) in [5.74, 6) is 0.487. The molecule has 2 aliphatic carbocycles. The van der Waals surface area contributed by atoms with Crippen LogP contribution in [-0.4, -0.2) is 29.8 Å². The first-order valence-electron chi connectivity index (χ1n) is 5.53. The Labute approximate surface area is 80.3 Å². The number of rotatable bonds is 2. The lowest BCUT2D eigenvalue weighted by molar-refractivity contribution is -0.127. The Morgan fingerprint density at radius 1 is 1.15 bits per heavy atom. The molecule has 2 aliphatic rings. The van der Waals surface area contributed by atoms with Gasteiger partial charge in [0, 0.05) is 12.5 Å². The first kappa shape index (κ1) is 9.20. The second-order valence-electron chi connectivity index (χ2n) is 4.48. The summed E-state index contributed by atoms with van der Waals surface area (Å²) in [5, 5.41) is 0. The Balaban J connectivity index is 1.92. The normalized spacial score (nSPS) is 30.6. The van der Waals surface area contributed by atoms with Gasteiger partial charge in [0.15, 0.2) is 0 Å². The lowest BCUT2D eigenvalue weighted by atomic mass is 9.86. The summed E-state index contributed by atoms with van der Waals surface area (Å²) in [6.07, 6.45) is 8.26. The van der Waals surface area contributed by atoms with Crippen molar-refractivity contribution in [3.8, 4) is 0 Å². The molecule has 13 heavy (non-hydrogen) atoms. The van der Waals surface area contributed by atoms with Gasteiger partial charge < -0.3 is 0 Å². The molecule has 2 fully saturated rings. The molecule has 2 saturated carbocycles. The van der Waals surface area contributed by atoms with E-state index < -0.39 is 0 Å². The highest BCUT2D eigenvalue weighted by molar-refractivity contribution is 5.84. The molecule has 2 rings (SSSR count). The summed E-state index contributed by atoms with van der Waals surface area (Å²) in [7, 11) is 2.14. The Morgan fingerprint density at radius 3 is 2.46 bits per heavy atom. The van der Waals surface area contributed by atoms with E-state index in [1.54, 1.807) is 0 Å². The van der Waals surface area contributed by atoms with Gasteiger partial charge in [0.2, 0.25) is 0 Å². The molecule has 74 valence electrons. The molecule has 0 aromatic carbocycles. The molecule has 0 radical (unpaired) electrons. The standard InChI is InChI=1S/C11H19NO/c1-12(9-5-4-6-9)10-7-2-3-8-11(10)13/h9-10H,2-8H2,1H3. The lowest BCUT2D eigenvalue weighted by Crippen LogP contribution is -2.48. The Morgan fingerprint density at radius 2 is 1.92 bits per heavy atom. The van der Waals surface area contributed by atoms with Crippen molar-refractivity contribution in [2.24, 2.45) is 0 Å². The largest absolute Gasteiger partial charge is 0.298 e. The molecule has 0 aromatic rings. The average molecular weight is 181 g/mol. The van der Waals surface area contributed by atoms with Crippen LogP contribution in [0.15, 0.2) is 0 Å². The van der Waals surface area contributed by atoms with Gasteiger partial charge in [0.25, 0.3) is 0 Å². The van der Waals surface area contributed by atoms with Gasteiger partial charge >= 0.3 is 0 Å². The third-order valence-electron chi connectivity index (χ3n) is 3.66. The quantitative estimate of drug-likeness (QED) is 0.649. The predicted octanol–water partition coefficient (Wildman–Crippen LogP) is 1.98. The van der Waals surface area contributed by atoms with Crippen LogP contribution in [0.1, 0.15) is 44.9 Å². The van der Waals surface area contributed by atoms with E-state index in [1.807, 2.05) is 0 Å². The van der Waals surface area contributed by atoms with E-state index in [4.69, 9.17) is 0 Å². The van der Waals surface area contributed by atoms with E-state index in [2.05, 4.69) is 11.9 Å². The van der Waals surface area contributed by atoms with Gasteiger partial charge in [-0.25, -0.2) is 0 Å². The van der Waals surface area contributed by atoms with Crippen LogP contribution in [0.5, 0.6) is 0 Å². The summed E-state index contributed by atoms with van der Waals surface area (Å²) in [6.45, 7) is 0. The summed E-state index contributed by atoms with van der Waals surface area (Å²) in [6, 6.07) is 0.978. The number of ketones is 1.